The lowest BCUT2D eigenvalue weighted by molar-refractivity contribution is -0.316. The number of aliphatic hydroxyl groups excluding tert-OH is 6. The monoisotopic (exact) mass is 1540 g/mol. The number of aryl methyl sites for hydroxylation is 3. The van der Waals surface area contributed by atoms with E-state index in [9.17, 15) is 45.6 Å². The van der Waals surface area contributed by atoms with Crippen LogP contribution >= 0.6 is 0 Å². The van der Waals surface area contributed by atoms with Gasteiger partial charge in [0.2, 0.25) is 29.4 Å². The lowest BCUT2D eigenvalue weighted by Crippen LogP contribution is -2.66. The molecular weight excluding hydrogens is 1440 g/mol. The van der Waals surface area contributed by atoms with Crippen LogP contribution in [0.25, 0.3) is 0 Å². The number of H-pyrrole nitrogens is 1. The molecule has 6 saturated heterocycles. The Hall–Kier alpha value is -7.90. The molecule has 9 aliphatic heterocycles. The molecule has 0 saturated carbocycles. The quantitative estimate of drug-likeness (QED) is 0.0700. The van der Waals surface area contributed by atoms with Crippen molar-refractivity contribution in [2.75, 3.05) is 40.8 Å². The van der Waals surface area contributed by atoms with Crippen LogP contribution < -0.4 is 14.2 Å². The number of tetrazole rings is 1. The van der Waals surface area contributed by atoms with Gasteiger partial charge in [-0.25, -0.2) is 0 Å². The Morgan fingerprint density at radius 2 is 0.919 bits per heavy atom. The first-order valence-corrected chi connectivity index (χ1v) is 38.4. The third-order valence-electron chi connectivity index (χ3n) is 27.5. The lowest BCUT2D eigenvalue weighted by Gasteiger charge is -2.57. The van der Waals surface area contributed by atoms with Gasteiger partial charge in [-0.1, -0.05) is 87.2 Å². The van der Waals surface area contributed by atoms with Gasteiger partial charge < -0.3 is 112 Å². The van der Waals surface area contributed by atoms with Crippen LogP contribution in [0.15, 0.2) is 81.7 Å². The number of hydrogen-bond acceptors (Lipinski definition) is 31. The molecule has 6 fully saturated rings. The molecular formula is C79H97N11O21. The van der Waals surface area contributed by atoms with Gasteiger partial charge in [0.05, 0.1) is 0 Å². The highest BCUT2D eigenvalue weighted by molar-refractivity contribution is 5.66. The largest absolute Gasteiger partial charge is 0.504 e. The van der Waals surface area contributed by atoms with E-state index in [4.69, 9.17) is 56.2 Å². The number of rotatable bonds is 10. The standard InChI is InChI=1S/C30H37N3O6.C25H29N3O8.C23H27N5O7.CH4/c1-14-7-8-19-13-21-20-9-10-22(27-30(20,11-12-33(21)6)23(19)24(14)38-27)37-29-26(36-18(5)34)16(3)15(2)25(39-29)28-32-31-17(4)35-28;1-10-26-27-23(33-10)21-18(31)17(30)19(32)24(36-21)34-15-6-4-12-13-9-11-3-5-14(29)20-16(11)25(12,22(15)35-20)7-8-28(13)2;1-28-7-6-23-10-3-5-13(20(23)34-18-12(29)4-2-9(14(18)23)8-11(10)28)33-22-17(32)15(30)16(31)19(35-22)21-24-26-27-25-21;/h7-10,15-16,20-22,25-27,29H,11-13H2,1-6H3;3-6,12-13,15,17-19,21-22,24,29-32H,7-9H2,1-2H3;2-5,10-11,13,15-17,19-20,22,29-32H,6-8H2,1H3,(H,24,25,26,27);1H4/t15-,16-,20?,21+,22?,25?,26?,27-,29+,30-;12?,13-,15?,17+,18+,19?,21?,22+,24-,25+;10?,11-,13?,15+,16+,17?,19?,20+,22-,23+;/m011./s1. The third-order valence-corrected chi connectivity index (χ3v) is 27.5. The van der Waals surface area contributed by atoms with Crippen molar-refractivity contribution in [3.8, 4) is 28.7 Å². The van der Waals surface area contributed by atoms with E-state index in [1.165, 1.54) is 29.2 Å². The first kappa shape index (κ1) is 74.5. The molecule has 0 radical (unpaired) electrons. The SMILES string of the molecule is C.CC(=O)OC1[C@H](OC2C=CC3[C@H]4Cc5ccc(C)c6c5[C@@]3(CCN4C)[C@H]2O6)OC(c2nnc(C)o2)[C@@H](C)[C@@H]1C.CN1CC[C@]23c4c5ccc(O)c4O[C@H]2C(O[C@@H]2OC(c4nn[nH]n4)[C@@H](O)[C@H](O)C2O)C=CC3[C@H]1C5.Cc1nnc(C2O[C@@H](OC3C=CC4[C@H]5Cc6ccc(O)c7c6[C@@]4(CCN5C)[C@H]3O7)C(O)[C@@H](O)[C@@H]2O)o1. The number of aromatic hydroxyl groups is 2. The third kappa shape index (κ3) is 11.1. The van der Waals surface area contributed by atoms with E-state index < -0.39 is 104 Å². The van der Waals surface area contributed by atoms with Crippen molar-refractivity contribution >= 4 is 5.97 Å². The number of ether oxygens (including phenoxy) is 10. The number of benzene rings is 3. The van der Waals surface area contributed by atoms with Crippen LogP contribution in [0.4, 0.5) is 0 Å². The molecule has 32 nitrogen and oxygen atoms in total. The summed E-state index contributed by atoms with van der Waals surface area (Å²) in [6.45, 7) is 13.8. The first-order valence-electron chi connectivity index (χ1n) is 38.4. The number of piperidine rings is 3. The average Bonchev–Trinajstić information content (AvgIpc) is 1.56. The van der Waals surface area contributed by atoms with Gasteiger partial charge in [-0.2, -0.15) is 5.21 Å². The van der Waals surface area contributed by atoms with Gasteiger partial charge in [-0.05, 0) is 127 Å². The van der Waals surface area contributed by atoms with Gasteiger partial charge in [0.1, 0.15) is 85.1 Å². The highest BCUT2D eigenvalue weighted by atomic mass is 16.7. The van der Waals surface area contributed by atoms with E-state index in [0.717, 1.165) is 80.6 Å². The number of aromatic amines is 1. The predicted molar refractivity (Wildman–Crippen MR) is 384 cm³/mol. The summed E-state index contributed by atoms with van der Waals surface area (Å²) in [7, 11) is 6.52. The molecule has 594 valence electrons. The van der Waals surface area contributed by atoms with Crippen molar-refractivity contribution in [3.63, 3.8) is 0 Å². The molecule has 6 aliphatic carbocycles. The van der Waals surface area contributed by atoms with E-state index in [0.29, 0.717) is 47.3 Å². The molecule has 6 bridgehead atoms. The Balaban J connectivity index is 0.000000116. The summed E-state index contributed by atoms with van der Waals surface area (Å²) in [6.07, 6.45) is -0.571. The maximum Gasteiger partial charge on any atom is 0.303 e. The number of carbonyl (C=O) groups excluding carboxylic acids is 1. The predicted octanol–water partition coefficient (Wildman–Crippen LogP) is 3.46. The van der Waals surface area contributed by atoms with Crippen LogP contribution in [-0.2, 0) is 73.5 Å². The van der Waals surface area contributed by atoms with Crippen LogP contribution in [0.2, 0.25) is 0 Å². The Bertz CT molecular complexity index is 4660. The van der Waals surface area contributed by atoms with Crippen molar-refractivity contribution in [1.82, 2.24) is 55.7 Å². The van der Waals surface area contributed by atoms with Crippen LogP contribution in [0.5, 0.6) is 28.7 Å². The van der Waals surface area contributed by atoms with Crippen LogP contribution in [0.3, 0.4) is 0 Å². The second-order valence-electron chi connectivity index (χ2n) is 33.0. The van der Waals surface area contributed by atoms with Gasteiger partial charge in [0.15, 0.2) is 60.2 Å². The molecule has 0 amide bonds. The molecule has 30 atom stereocenters. The maximum atomic E-state index is 12.2. The number of carbonyl (C=O) groups is 1. The fraction of sp³-hybridized carbons (Fsp3) is 0.620. The van der Waals surface area contributed by atoms with E-state index in [1.54, 1.807) is 26.0 Å². The van der Waals surface area contributed by atoms with Gasteiger partial charge in [-0.15, -0.1) is 30.6 Å². The van der Waals surface area contributed by atoms with Gasteiger partial charge >= 0.3 is 5.97 Å². The number of aliphatic hydroxyl groups is 6. The van der Waals surface area contributed by atoms with E-state index in [2.05, 4.69) is 127 Å². The average molecular weight is 1540 g/mol. The Labute approximate surface area is 639 Å². The fourth-order valence-electron chi connectivity index (χ4n) is 22.0. The molecule has 21 rings (SSSR count). The molecule has 6 aromatic rings. The fourth-order valence-corrected chi connectivity index (χ4v) is 22.0. The molecule has 32 heteroatoms. The highest BCUT2D eigenvalue weighted by Crippen LogP contribution is 2.66. The van der Waals surface area contributed by atoms with Gasteiger partial charge in [0.25, 0.3) is 0 Å². The molecule has 15 aliphatic rings. The topological polar surface area (TPSA) is 413 Å². The number of hydrogen-bond donors (Lipinski definition) is 9. The van der Waals surface area contributed by atoms with Crippen molar-refractivity contribution < 1.29 is 102 Å². The number of nitrogens with one attached hydrogen (secondary N) is 1. The summed E-state index contributed by atoms with van der Waals surface area (Å²) in [6, 6.07) is 12.8. The van der Waals surface area contributed by atoms with Gasteiger partial charge in [0, 0.05) is 95.5 Å². The lowest BCUT2D eigenvalue weighted by atomic mass is 9.53. The molecule has 3 aromatic heterocycles. The number of likely N-dealkylation sites (tertiary alicyclic amines) is 3. The van der Waals surface area contributed by atoms with Crippen molar-refractivity contribution in [2.24, 2.45) is 29.6 Å². The molecule has 3 spiro atoms. The minimum atomic E-state index is -1.56. The summed E-state index contributed by atoms with van der Waals surface area (Å²) in [5.41, 5.74) is 7.45. The first-order chi connectivity index (χ1) is 52.9. The maximum absolute atomic E-state index is 12.2. The zero-order valence-electron chi connectivity index (χ0n) is 62.2. The zero-order valence-corrected chi connectivity index (χ0v) is 62.2. The number of likely N-dealkylation sites (N-methyl/N-ethyl adjacent to an activating group) is 3. The van der Waals surface area contributed by atoms with Crippen LogP contribution in [-0.4, -0.2) is 260 Å². The van der Waals surface area contributed by atoms with Crippen LogP contribution in [0.1, 0.15) is 134 Å². The molecule has 12 unspecified atom stereocenters. The smallest absolute Gasteiger partial charge is 0.303 e. The van der Waals surface area contributed by atoms with Crippen molar-refractivity contribution in [1.29, 1.82) is 0 Å². The number of phenolic OH excluding ortho intramolecular Hbond substituents is 2. The number of nitrogens with zero attached hydrogens (tertiary/aromatic N) is 10. The Morgan fingerprint density at radius 3 is 1.36 bits per heavy atom. The van der Waals surface area contributed by atoms with Crippen molar-refractivity contribution in [3.05, 3.63) is 141 Å². The second kappa shape index (κ2) is 27.4. The highest BCUT2D eigenvalue weighted by Gasteiger charge is 2.69. The second-order valence-corrected chi connectivity index (χ2v) is 33.0. The summed E-state index contributed by atoms with van der Waals surface area (Å²) < 4.78 is 74.4. The summed E-state index contributed by atoms with van der Waals surface area (Å²) in [4.78, 5) is 19.4. The molecule has 111 heavy (non-hydrogen) atoms. The minimum Gasteiger partial charge on any atom is -0.504 e. The summed E-state index contributed by atoms with van der Waals surface area (Å²) in [5, 5.41) is 114. The summed E-state index contributed by atoms with van der Waals surface area (Å²) >= 11 is 0. The molecule has 3 aromatic carbocycles. The van der Waals surface area contributed by atoms with Crippen molar-refractivity contribution in [2.45, 2.75) is 238 Å². The number of aromatic nitrogens is 8. The molecule has 9 N–H and O–H groups in total. The number of esters is 1. The van der Waals surface area contributed by atoms with E-state index in [-0.39, 0.29) is 94.6 Å². The molecule has 12 heterocycles. The number of phenols is 2. The van der Waals surface area contributed by atoms with Gasteiger partial charge in [-0.3, -0.25) is 4.79 Å². The minimum absolute atomic E-state index is 0. The Morgan fingerprint density at radius 1 is 0.505 bits per heavy atom. The zero-order chi connectivity index (χ0) is 76.2. The van der Waals surface area contributed by atoms with E-state index in [1.807, 2.05) is 31.2 Å². The van der Waals surface area contributed by atoms with E-state index >= 15 is 0 Å². The normalized spacial score (nSPS) is 41.7. The summed E-state index contributed by atoms with van der Waals surface area (Å²) in [5.74, 6) is 3.66. The Kier molecular flexibility index (Phi) is 18.4. The van der Waals surface area contributed by atoms with Crippen LogP contribution in [0, 0.1) is 50.4 Å².